The summed E-state index contributed by atoms with van der Waals surface area (Å²) in [6.07, 6.45) is 1.71. The summed E-state index contributed by atoms with van der Waals surface area (Å²) in [7, 11) is 1.61. The Balaban J connectivity index is 2.11. The summed E-state index contributed by atoms with van der Waals surface area (Å²) in [4.78, 5) is 17.7. The summed E-state index contributed by atoms with van der Waals surface area (Å²) < 4.78 is 10.6. The number of hydrogen-bond acceptors (Lipinski definition) is 6. The van der Waals surface area contributed by atoms with Crippen molar-refractivity contribution in [2.45, 2.75) is 27.4 Å². The van der Waals surface area contributed by atoms with Crippen LogP contribution in [-0.4, -0.2) is 18.1 Å². The standard InChI is InChI=1S/C15H18N2O3S/c1-8-6-17-12(9(2)14(8)19-4)7-20-15(18)13-5-11(16)10(3)21-13/h5-6H,7,16H2,1-4H3. The number of methoxy groups -OCH3 is 1. The molecule has 2 aromatic rings. The quantitative estimate of drug-likeness (QED) is 0.879. The molecule has 6 heteroatoms. The molecular formula is C15H18N2O3S. The van der Waals surface area contributed by atoms with Gasteiger partial charge in [0.05, 0.1) is 12.8 Å². The van der Waals surface area contributed by atoms with Crippen LogP contribution in [0, 0.1) is 20.8 Å². The van der Waals surface area contributed by atoms with Crippen LogP contribution in [0.5, 0.6) is 5.75 Å². The van der Waals surface area contributed by atoms with Crippen LogP contribution in [0.2, 0.25) is 0 Å². The minimum Gasteiger partial charge on any atom is -0.496 e. The average molecular weight is 306 g/mol. The van der Waals surface area contributed by atoms with Crippen LogP contribution in [0.1, 0.15) is 31.4 Å². The predicted molar refractivity (Wildman–Crippen MR) is 82.9 cm³/mol. The van der Waals surface area contributed by atoms with Crippen LogP contribution < -0.4 is 10.5 Å². The largest absolute Gasteiger partial charge is 0.496 e. The predicted octanol–water partition coefficient (Wildman–Crippen LogP) is 3.02. The number of anilines is 1. The average Bonchev–Trinajstić information content (AvgIpc) is 2.78. The van der Waals surface area contributed by atoms with Gasteiger partial charge in [0.2, 0.25) is 0 Å². The van der Waals surface area contributed by atoms with E-state index in [1.165, 1.54) is 11.3 Å². The summed E-state index contributed by atoms with van der Waals surface area (Å²) in [5, 5.41) is 0. The molecule has 112 valence electrons. The van der Waals surface area contributed by atoms with Crippen LogP contribution >= 0.6 is 11.3 Å². The van der Waals surface area contributed by atoms with Crippen molar-refractivity contribution in [3.63, 3.8) is 0 Å². The zero-order valence-electron chi connectivity index (χ0n) is 12.5. The van der Waals surface area contributed by atoms with Gasteiger partial charge in [-0.2, -0.15) is 0 Å². The number of pyridine rings is 1. The first-order chi connectivity index (χ1) is 9.93. The number of thiophene rings is 1. The molecule has 0 spiro atoms. The Kier molecular flexibility index (Phi) is 4.47. The SMILES string of the molecule is COc1c(C)cnc(COC(=O)c2cc(N)c(C)s2)c1C. The molecule has 2 rings (SSSR count). The van der Waals surface area contributed by atoms with Gasteiger partial charge in [0.15, 0.2) is 0 Å². The molecule has 0 aliphatic heterocycles. The number of nitrogen functional groups attached to an aromatic ring is 1. The fourth-order valence-corrected chi connectivity index (χ4v) is 2.85. The molecular weight excluding hydrogens is 288 g/mol. The van der Waals surface area contributed by atoms with Gasteiger partial charge in [-0.25, -0.2) is 4.79 Å². The third-order valence-electron chi connectivity index (χ3n) is 3.25. The Labute approximate surface area is 127 Å². The summed E-state index contributed by atoms with van der Waals surface area (Å²) in [6.45, 7) is 5.80. The highest BCUT2D eigenvalue weighted by Crippen LogP contribution is 2.26. The van der Waals surface area contributed by atoms with E-state index in [-0.39, 0.29) is 12.6 Å². The molecule has 0 atom stereocenters. The third kappa shape index (κ3) is 3.16. The molecule has 0 unspecified atom stereocenters. The number of rotatable bonds is 4. The molecule has 0 fully saturated rings. The number of esters is 1. The van der Waals surface area contributed by atoms with E-state index < -0.39 is 0 Å². The molecule has 2 aromatic heterocycles. The molecule has 0 aliphatic rings. The highest BCUT2D eigenvalue weighted by Gasteiger charge is 2.15. The maximum Gasteiger partial charge on any atom is 0.348 e. The summed E-state index contributed by atoms with van der Waals surface area (Å²) in [5.74, 6) is 0.382. The second-order valence-corrected chi connectivity index (χ2v) is 6.00. The van der Waals surface area contributed by atoms with Gasteiger partial charge >= 0.3 is 5.97 Å². The van der Waals surface area contributed by atoms with Gasteiger partial charge in [-0.15, -0.1) is 11.3 Å². The van der Waals surface area contributed by atoms with Gasteiger partial charge < -0.3 is 15.2 Å². The van der Waals surface area contributed by atoms with Crippen LogP contribution in [0.4, 0.5) is 5.69 Å². The normalized spacial score (nSPS) is 10.5. The Morgan fingerprint density at radius 1 is 1.38 bits per heavy atom. The molecule has 0 saturated carbocycles. The molecule has 5 nitrogen and oxygen atoms in total. The number of hydrogen-bond donors (Lipinski definition) is 1. The number of aromatic nitrogens is 1. The first kappa shape index (κ1) is 15.3. The van der Waals surface area contributed by atoms with Crippen molar-refractivity contribution in [2.24, 2.45) is 0 Å². The number of carbonyl (C=O) groups is 1. The number of ether oxygens (including phenoxy) is 2. The minimum atomic E-state index is -0.388. The van der Waals surface area contributed by atoms with Crippen molar-refractivity contribution >= 4 is 23.0 Å². The lowest BCUT2D eigenvalue weighted by atomic mass is 10.1. The van der Waals surface area contributed by atoms with Gasteiger partial charge in [0.1, 0.15) is 17.2 Å². The maximum absolute atomic E-state index is 12.0. The lowest BCUT2D eigenvalue weighted by Crippen LogP contribution is -2.07. The van der Waals surface area contributed by atoms with Crippen molar-refractivity contribution < 1.29 is 14.3 Å². The topological polar surface area (TPSA) is 74.4 Å². The lowest BCUT2D eigenvalue weighted by molar-refractivity contribution is 0.0472. The highest BCUT2D eigenvalue weighted by atomic mass is 32.1. The van der Waals surface area contributed by atoms with E-state index in [0.717, 1.165) is 21.8 Å². The molecule has 0 bridgehead atoms. The van der Waals surface area contributed by atoms with E-state index in [9.17, 15) is 4.79 Å². The van der Waals surface area contributed by atoms with Gasteiger partial charge in [-0.3, -0.25) is 4.98 Å². The van der Waals surface area contributed by atoms with Crippen molar-refractivity contribution in [2.75, 3.05) is 12.8 Å². The van der Waals surface area contributed by atoms with Gasteiger partial charge in [-0.1, -0.05) is 0 Å². The first-order valence-corrected chi connectivity index (χ1v) is 7.27. The first-order valence-electron chi connectivity index (χ1n) is 6.46. The molecule has 0 radical (unpaired) electrons. The Hall–Kier alpha value is -2.08. The van der Waals surface area contributed by atoms with Crippen molar-refractivity contribution in [1.29, 1.82) is 0 Å². The van der Waals surface area contributed by atoms with E-state index in [1.54, 1.807) is 19.4 Å². The molecule has 0 aliphatic carbocycles. The second kappa shape index (κ2) is 6.13. The minimum absolute atomic E-state index is 0.109. The molecule has 2 heterocycles. The van der Waals surface area contributed by atoms with Gasteiger partial charge in [-0.05, 0) is 26.8 Å². The van der Waals surface area contributed by atoms with Gasteiger partial charge in [0, 0.05) is 27.9 Å². The van der Waals surface area contributed by atoms with E-state index >= 15 is 0 Å². The van der Waals surface area contributed by atoms with Crippen LogP contribution in [0.3, 0.4) is 0 Å². The number of nitrogens with two attached hydrogens (primary N) is 1. The third-order valence-corrected chi connectivity index (χ3v) is 4.29. The molecule has 0 aromatic carbocycles. The van der Waals surface area contributed by atoms with Gasteiger partial charge in [0.25, 0.3) is 0 Å². The zero-order valence-corrected chi connectivity index (χ0v) is 13.3. The summed E-state index contributed by atoms with van der Waals surface area (Å²) >= 11 is 1.33. The Morgan fingerprint density at radius 3 is 2.67 bits per heavy atom. The monoisotopic (exact) mass is 306 g/mol. The Bertz CT molecular complexity index is 660. The number of carbonyl (C=O) groups excluding carboxylic acids is 1. The van der Waals surface area contributed by atoms with Crippen LogP contribution in [0.15, 0.2) is 12.3 Å². The van der Waals surface area contributed by atoms with E-state index in [2.05, 4.69) is 4.98 Å². The van der Waals surface area contributed by atoms with Crippen molar-refractivity contribution in [3.05, 3.63) is 38.8 Å². The van der Waals surface area contributed by atoms with Crippen molar-refractivity contribution in [1.82, 2.24) is 4.98 Å². The van der Waals surface area contributed by atoms with Crippen LogP contribution in [-0.2, 0) is 11.3 Å². The fourth-order valence-electron chi connectivity index (χ4n) is 2.02. The van der Waals surface area contributed by atoms with Crippen molar-refractivity contribution in [3.8, 4) is 5.75 Å². The molecule has 2 N–H and O–H groups in total. The fraction of sp³-hybridized carbons (Fsp3) is 0.333. The maximum atomic E-state index is 12.0. The second-order valence-electron chi connectivity index (χ2n) is 4.74. The summed E-state index contributed by atoms with van der Waals surface area (Å²) in [6, 6.07) is 1.64. The summed E-state index contributed by atoms with van der Waals surface area (Å²) in [5.41, 5.74) is 8.87. The smallest absolute Gasteiger partial charge is 0.348 e. The number of aryl methyl sites for hydroxylation is 2. The zero-order chi connectivity index (χ0) is 15.6. The van der Waals surface area contributed by atoms with Crippen LogP contribution in [0.25, 0.3) is 0 Å². The van der Waals surface area contributed by atoms with E-state index in [4.69, 9.17) is 15.2 Å². The molecule has 0 amide bonds. The number of nitrogens with zero attached hydrogens (tertiary/aromatic N) is 1. The lowest BCUT2D eigenvalue weighted by Gasteiger charge is -2.12. The molecule has 21 heavy (non-hydrogen) atoms. The highest BCUT2D eigenvalue weighted by molar-refractivity contribution is 7.14. The van der Waals surface area contributed by atoms with E-state index in [0.29, 0.717) is 16.3 Å². The van der Waals surface area contributed by atoms with E-state index in [1.807, 2.05) is 20.8 Å². The Morgan fingerprint density at radius 2 is 2.10 bits per heavy atom. The molecule has 0 saturated heterocycles.